The molecule has 1 saturated heterocycles. The Morgan fingerprint density at radius 2 is 2.00 bits per heavy atom. The summed E-state index contributed by atoms with van der Waals surface area (Å²) in [7, 11) is 0. The van der Waals surface area contributed by atoms with Crippen molar-refractivity contribution >= 4 is 11.3 Å². The molecule has 4 nitrogen and oxygen atoms in total. The van der Waals surface area contributed by atoms with Crippen LogP contribution in [0.1, 0.15) is 30.6 Å². The monoisotopic (exact) mass is 324 g/mol. The van der Waals surface area contributed by atoms with Gasteiger partial charge in [-0.3, -0.25) is 9.80 Å². The Morgan fingerprint density at radius 3 is 2.68 bits per heavy atom. The van der Waals surface area contributed by atoms with Crippen LogP contribution in [0.25, 0.3) is 0 Å². The molecule has 1 aromatic heterocycles. The summed E-state index contributed by atoms with van der Waals surface area (Å²) in [5.74, 6) is 0. The number of aliphatic hydroxyl groups is 1. The van der Waals surface area contributed by atoms with E-state index < -0.39 is 0 Å². The van der Waals surface area contributed by atoms with E-state index in [1.165, 1.54) is 30.6 Å². The topological polar surface area (TPSA) is 35.9 Å². The van der Waals surface area contributed by atoms with E-state index in [9.17, 15) is 5.11 Å². The molecule has 0 radical (unpaired) electrons. The summed E-state index contributed by atoms with van der Waals surface area (Å²) in [4.78, 5) is 6.26. The molecular formula is C17H28N2O2S. The predicted octanol–water partition coefficient (Wildman–Crippen LogP) is 2.19. The Morgan fingerprint density at radius 1 is 1.23 bits per heavy atom. The number of aliphatic hydroxyl groups excluding tert-OH is 1. The molecule has 124 valence electrons. The molecule has 1 aliphatic carbocycles. The molecule has 0 aromatic carbocycles. The van der Waals surface area contributed by atoms with Gasteiger partial charge in [-0.2, -0.15) is 0 Å². The SMILES string of the molecule is OC(COCc1cccs1)CN1CCN(C2CCCC2)CC1. The molecule has 2 aliphatic rings. The first-order valence-electron chi connectivity index (χ1n) is 8.56. The molecule has 1 N–H and O–H groups in total. The van der Waals surface area contributed by atoms with Crippen molar-refractivity contribution in [3.8, 4) is 0 Å². The van der Waals surface area contributed by atoms with Crippen molar-refractivity contribution in [1.29, 1.82) is 0 Å². The maximum atomic E-state index is 10.1. The van der Waals surface area contributed by atoms with Gasteiger partial charge >= 0.3 is 0 Å². The van der Waals surface area contributed by atoms with Crippen LogP contribution in [0, 0.1) is 0 Å². The van der Waals surface area contributed by atoms with Crippen LogP contribution < -0.4 is 0 Å². The fraction of sp³-hybridized carbons (Fsp3) is 0.765. The summed E-state index contributed by atoms with van der Waals surface area (Å²) in [6.45, 7) is 6.27. The standard InChI is InChI=1S/C17H28N2O2S/c20-16(13-21-14-17-6-3-11-22-17)12-18-7-9-19(10-8-18)15-4-1-2-5-15/h3,6,11,15-16,20H,1-2,4-5,7-10,12-14H2. The first-order chi connectivity index (χ1) is 10.8. The van der Waals surface area contributed by atoms with Crippen LogP contribution in [0.5, 0.6) is 0 Å². The maximum absolute atomic E-state index is 10.1. The van der Waals surface area contributed by atoms with Crippen LogP contribution >= 0.6 is 11.3 Å². The smallest absolute Gasteiger partial charge is 0.0900 e. The minimum Gasteiger partial charge on any atom is -0.389 e. The van der Waals surface area contributed by atoms with Crippen molar-refractivity contribution in [2.75, 3.05) is 39.3 Å². The highest BCUT2D eigenvalue weighted by Gasteiger charge is 2.26. The lowest BCUT2D eigenvalue weighted by atomic mass is 10.1. The Labute approximate surface area is 137 Å². The Bertz CT molecular complexity index is 412. The molecule has 1 atom stereocenters. The fourth-order valence-corrected chi connectivity index (χ4v) is 4.26. The van der Waals surface area contributed by atoms with E-state index in [0.717, 1.165) is 38.8 Å². The Kier molecular flexibility index (Phi) is 6.27. The number of ether oxygens (including phenoxy) is 1. The highest BCUT2D eigenvalue weighted by Crippen LogP contribution is 2.24. The molecule has 0 bridgehead atoms. The summed E-state index contributed by atoms with van der Waals surface area (Å²) < 4.78 is 5.61. The number of rotatable bonds is 7. The van der Waals surface area contributed by atoms with Crippen LogP contribution in [0.15, 0.2) is 17.5 Å². The minimum atomic E-state index is -0.377. The summed E-state index contributed by atoms with van der Waals surface area (Å²) in [6.07, 6.45) is 5.22. The van der Waals surface area contributed by atoms with Crippen molar-refractivity contribution in [2.24, 2.45) is 0 Å². The average molecular weight is 324 g/mol. The zero-order valence-electron chi connectivity index (χ0n) is 13.3. The number of nitrogens with zero attached hydrogens (tertiary/aromatic N) is 2. The molecule has 1 aromatic rings. The van der Waals surface area contributed by atoms with Gasteiger partial charge in [0.05, 0.1) is 19.3 Å². The second kappa shape index (κ2) is 8.41. The molecule has 5 heteroatoms. The van der Waals surface area contributed by atoms with Gasteiger partial charge in [-0.15, -0.1) is 11.3 Å². The molecule has 1 unspecified atom stereocenters. The number of piperazine rings is 1. The summed E-state index contributed by atoms with van der Waals surface area (Å²) >= 11 is 1.70. The van der Waals surface area contributed by atoms with Gasteiger partial charge in [-0.25, -0.2) is 0 Å². The van der Waals surface area contributed by atoms with Gasteiger partial charge in [0.1, 0.15) is 0 Å². The van der Waals surface area contributed by atoms with E-state index in [1.807, 2.05) is 6.07 Å². The second-order valence-corrected chi connectivity index (χ2v) is 7.56. The lowest BCUT2D eigenvalue weighted by Gasteiger charge is -2.38. The molecule has 3 rings (SSSR count). The highest BCUT2D eigenvalue weighted by atomic mass is 32.1. The maximum Gasteiger partial charge on any atom is 0.0900 e. The van der Waals surface area contributed by atoms with Crippen molar-refractivity contribution in [3.63, 3.8) is 0 Å². The van der Waals surface area contributed by atoms with Gasteiger partial charge in [0, 0.05) is 43.6 Å². The van der Waals surface area contributed by atoms with E-state index in [-0.39, 0.29) is 6.10 Å². The summed E-state index contributed by atoms with van der Waals surface area (Å²) in [6, 6.07) is 4.93. The van der Waals surface area contributed by atoms with Crippen molar-refractivity contribution in [2.45, 2.75) is 44.4 Å². The van der Waals surface area contributed by atoms with Crippen LogP contribution in [0.3, 0.4) is 0 Å². The van der Waals surface area contributed by atoms with Crippen molar-refractivity contribution in [1.82, 2.24) is 9.80 Å². The van der Waals surface area contributed by atoms with Crippen LogP contribution in [0.2, 0.25) is 0 Å². The summed E-state index contributed by atoms with van der Waals surface area (Å²) in [5.41, 5.74) is 0. The lowest BCUT2D eigenvalue weighted by molar-refractivity contribution is -0.00112. The molecule has 1 aliphatic heterocycles. The quantitative estimate of drug-likeness (QED) is 0.834. The molecular weight excluding hydrogens is 296 g/mol. The number of β-amino-alcohol motifs (C(OH)–C–C–N with tert-alkyl or cyclic N) is 1. The first kappa shape index (κ1) is 16.4. The van der Waals surface area contributed by atoms with E-state index in [4.69, 9.17) is 4.74 Å². The van der Waals surface area contributed by atoms with E-state index >= 15 is 0 Å². The van der Waals surface area contributed by atoms with Crippen LogP contribution in [-0.2, 0) is 11.3 Å². The van der Waals surface area contributed by atoms with Gasteiger partial charge in [-0.1, -0.05) is 18.9 Å². The number of hydrogen-bond donors (Lipinski definition) is 1. The Balaban J connectivity index is 1.30. The second-order valence-electron chi connectivity index (χ2n) is 6.52. The molecule has 1 saturated carbocycles. The van der Waals surface area contributed by atoms with Crippen molar-refractivity contribution < 1.29 is 9.84 Å². The Hall–Kier alpha value is -0.460. The highest BCUT2D eigenvalue weighted by molar-refractivity contribution is 7.09. The molecule has 0 amide bonds. The van der Waals surface area contributed by atoms with Crippen LogP contribution in [0.4, 0.5) is 0 Å². The van der Waals surface area contributed by atoms with E-state index in [2.05, 4.69) is 21.2 Å². The van der Waals surface area contributed by atoms with Gasteiger partial charge in [0.25, 0.3) is 0 Å². The number of thiophene rings is 1. The minimum absolute atomic E-state index is 0.377. The zero-order chi connectivity index (χ0) is 15.2. The predicted molar refractivity (Wildman–Crippen MR) is 90.3 cm³/mol. The molecule has 2 fully saturated rings. The molecule has 22 heavy (non-hydrogen) atoms. The lowest BCUT2D eigenvalue weighted by Crippen LogP contribution is -2.51. The van der Waals surface area contributed by atoms with Gasteiger partial charge < -0.3 is 9.84 Å². The van der Waals surface area contributed by atoms with Crippen molar-refractivity contribution in [3.05, 3.63) is 22.4 Å². The summed E-state index contributed by atoms with van der Waals surface area (Å²) in [5, 5.41) is 12.2. The zero-order valence-corrected chi connectivity index (χ0v) is 14.1. The van der Waals surface area contributed by atoms with Crippen LogP contribution in [-0.4, -0.2) is 66.4 Å². The first-order valence-corrected chi connectivity index (χ1v) is 9.44. The largest absolute Gasteiger partial charge is 0.389 e. The average Bonchev–Trinajstić information content (AvgIpc) is 3.21. The third-order valence-corrected chi connectivity index (χ3v) is 5.70. The van der Waals surface area contributed by atoms with E-state index in [0.29, 0.717) is 13.2 Å². The third kappa shape index (κ3) is 4.77. The third-order valence-electron chi connectivity index (χ3n) is 4.85. The van der Waals surface area contributed by atoms with Gasteiger partial charge in [-0.05, 0) is 24.3 Å². The fourth-order valence-electron chi connectivity index (χ4n) is 3.62. The molecule has 0 spiro atoms. The van der Waals surface area contributed by atoms with E-state index in [1.54, 1.807) is 11.3 Å². The normalized spacial score (nSPS) is 23.1. The number of hydrogen-bond acceptors (Lipinski definition) is 5. The van der Waals surface area contributed by atoms with Gasteiger partial charge in [0.2, 0.25) is 0 Å². The molecule has 2 heterocycles. The van der Waals surface area contributed by atoms with Gasteiger partial charge in [0.15, 0.2) is 0 Å².